The van der Waals surface area contributed by atoms with Crippen molar-refractivity contribution in [2.75, 3.05) is 21.3 Å². The molecule has 0 amide bonds. The average Bonchev–Trinajstić information content (AvgIpc) is 2.07. The molecule has 0 aromatic carbocycles. The lowest BCUT2D eigenvalue weighted by atomic mass is 11.8. The molecule has 7 heteroatoms. The molecular formula is C3H14O5Si2. The van der Waals surface area contributed by atoms with Gasteiger partial charge in [0.1, 0.15) is 10.5 Å². The number of rotatable bonds is 3. The van der Waals surface area contributed by atoms with Gasteiger partial charge in [0.15, 0.2) is 0 Å². The lowest BCUT2D eigenvalue weighted by molar-refractivity contribution is 0.0418. The van der Waals surface area contributed by atoms with E-state index in [4.69, 9.17) is 9.59 Å². The first-order valence-corrected chi connectivity index (χ1v) is 5.07. The Morgan fingerprint density at radius 3 is 1.20 bits per heavy atom. The maximum atomic E-state index is 8.91. The maximum absolute atomic E-state index is 8.91. The summed E-state index contributed by atoms with van der Waals surface area (Å²) in [6.07, 6.45) is 0. The Labute approximate surface area is 64.6 Å². The molecule has 0 atom stereocenters. The highest BCUT2D eigenvalue weighted by Gasteiger charge is 2.36. The molecule has 5 nitrogen and oxygen atoms in total. The van der Waals surface area contributed by atoms with Crippen molar-refractivity contribution >= 4 is 19.5 Å². The van der Waals surface area contributed by atoms with Crippen LogP contribution in [0.5, 0.6) is 0 Å². The zero-order valence-electron chi connectivity index (χ0n) is 6.62. The molecule has 10 heavy (non-hydrogen) atoms. The van der Waals surface area contributed by atoms with E-state index in [1.54, 1.807) is 0 Å². The van der Waals surface area contributed by atoms with Crippen LogP contribution < -0.4 is 0 Å². The maximum Gasteiger partial charge on any atom is 0.676 e. The van der Waals surface area contributed by atoms with Gasteiger partial charge in [0.2, 0.25) is 0 Å². The van der Waals surface area contributed by atoms with Gasteiger partial charge in [-0.05, 0) is 0 Å². The van der Waals surface area contributed by atoms with Crippen molar-refractivity contribution in [2.45, 2.75) is 0 Å². The van der Waals surface area contributed by atoms with Crippen LogP contribution in [0.3, 0.4) is 0 Å². The Balaban J connectivity index is 0. The van der Waals surface area contributed by atoms with Crippen molar-refractivity contribution in [1.82, 2.24) is 0 Å². The zero-order chi connectivity index (χ0) is 8.62. The molecule has 64 valence electrons. The van der Waals surface area contributed by atoms with Crippen LogP contribution in [0.1, 0.15) is 0 Å². The van der Waals surface area contributed by atoms with Crippen LogP contribution in [0.25, 0.3) is 0 Å². The van der Waals surface area contributed by atoms with Gasteiger partial charge in [-0.2, -0.15) is 0 Å². The number of hydrogen-bond donors (Lipinski definition) is 2. The predicted molar refractivity (Wildman–Crippen MR) is 41.2 cm³/mol. The molecule has 0 heterocycles. The fourth-order valence-electron chi connectivity index (χ4n) is 0.250. The molecule has 0 saturated carbocycles. The summed E-state index contributed by atoms with van der Waals surface area (Å²) < 4.78 is 13.5. The van der Waals surface area contributed by atoms with Crippen LogP contribution in [0, 0.1) is 0 Å². The molecule has 0 spiro atoms. The summed E-state index contributed by atoms with van der Waals surface area (Å²) in [6.45, 7) is 0. The first kappa shape index (κ1) is 12.9. The van der Waals surface area contributed by atoms with Crippen LogP contribution in [0.2, 0.25) is 0 Å². The second-order valence-electron chi connectivity index (χ2n) is 1.14. The summed E-state index contributed by atoms with van der Waals surface area (Å²) in [5, 5.41) is 0. The molecule has 0 saturated heterocycles. The normalized spacial score (nSPS) is 10.5. The lowest BCUT2D eigenvalue weighted by Crippen LogP contribution is -2.42. The summed E-state index contributed by atoms with van der Waals surface area (Å²) in [5.41, 5.74) is 0. The van der Waals surface area contributed by atoms with E-state index in [0.29, 0.717) is 10.5 Å². The van der Waals surface area contributed by atoms with E-state index < -0.39 is 9.05 Å². The highest BCUT2D eigenvalue weighted by atomic mass is 28.4. The van der Waals surface area contributed by atoms with Crippen LogP contribution in [-0.2, 0) is 13.3 Å². The standard InChI is InChI=1S/C3H10O4Si.H4OSi/c1-5-8(4,6-2)7-3;1-2/h4H,1-3H3;1H,2H3. The topological polar surface area (TPSA) is 68.2 Å². The molecule has 0 bridgehead atoms. The van der Waals surface area contributed by atoms with Crippen molar-refractivity contribution in [3.05, 3.63) is 0 Å². The van der Waals surface area contributed by atoms with Crippen LogP contribution in [0.4, 0.5) is 0 Å². The molecular weight excluding hydrogens is 172 g/mol. The van der Waals surface area contributed by atoms with Crippen molar-refractivity contribution in [1.29, 1.82) is 0 Å². The van der Waals surface area contributed by atoms with E-state index in [9.17, 15) is 0 Å². The molecule has 0 aliphatic carbocycles. The highest BCUT2D eigenvalue weighted by Crippen LogP contribution is 1.97. The van der Waals surface area contributed by atoms with Crippen LogP contribution >= 0.6 is 0 Å². The SMILES string of the molecule is CO[Si](O)(OC)OC.O[SiH3]. The van der Waals surface area contributed by atoms with E-state index >= 15 is 0 Å². The second kappa shape index (κ2) is 7.34. The third-order valence-corrected chi connectivity index (χ3v) is 2.32. The quantitative estimate of drug-likeness (QED) is 0.482. The van der Waals surface area contributed by atoms with Crippen molar-refractivity contribution in [3.8, 4) is 0 Å². The molecule has 0 fully saturated rings. The molecule has 0 radical (unpaired) electrons. The van der Waals surface area contributed by atoms with E-state index in [0.717, 1.165) is 0 Å². The van der Waals surface area contributed by atoms with Gasteiger partial charge in [-0.15, -0.1) is 0 Å². The summed E-state index contributed by atoms with van der Waals surface area (Å²) in [6, 6.07) is 0. The third kappa shape index (κ3) is 5.05. The van der Waals surface area contributed by atoms with E-state index in [1.807, 2.05) is 0 Å². The van der Waals surface area contributed by atoms with Crippen molar-refractivity contribution < 1.29 is 22.9 Å². The zero-order valence-corrected chi connectivity index (χ0v) is 9.62. The van der Waals surface area contributed by atoms with Gasteiger partial charge in [-0.3, -0.25) is 0 Å². The average molecular weight is 186 g/mol. The van der Waals surface area contributed by atoms with Gasteiger partial charge < -0.3 is 22.9 Å². The largest absolute Gasteiger partial charge is 0.676 e. The molecule has 2 N–H and O–H groups in total. The summed E-state index contributed by atoms with van der Waals surface area (Å²) >= 11 is 0. The van der Waals surface area contributed by atoms with Gasteiger partial charge in [0.25, 0.3) is 0 Å². The van der Waals surface area contributed by atoms with E-state index in [1.165, 1.54) is 21.3 Å². The minimum atomic E-state index is -3.17. The van der Waals surface area contributed by atoms with Gasteiger partial charge >= 0.3 is 9.05 Å². The first-order valence-electron chi connectivity index (χ1n) is 2.51. The first-order chi connectivity index (χ1) is 4.68. The molecule has 0 aromatic heterocycles. The van der Waals surface area contributed by atoms with Gasteiger partial charge in [-0.1, -0.05) is 0 Å². The Morgan fingerprint density at radius 2 is 1.20 bits per heavy atom. The fraction of sp³-hybridized carbons (Fsp3) is 1.00. The van der Waals surface area contributed by atoms with E-state index in [-0.39, 0.29) is 0 Å². The molecule has 0 unspecified atom stereocenters. The second-order valence-corrected chi connectivity index (χ2v) is 3.41. The Kier molecular flexibility index (Phi) is 9.45. The van der Waals surface area contributed by atoms with E-state index in [2.05, 4.69) is 13.3 Å². The van der Waals surface area contributed by atoms with Gasteiger partial charge in [0, 0.05) is 21.3 Å². The molecule has 0 aromatic rings. The smallest absolute Gasteiger partial charge is 0.442 e. The Bertz CT molecular complexity index is 57.6. The summed E-state index contributed by atoms with van der Waals surface area (Å²) in [5.74, 6) is 0. The molecule has 0 aliphatic rings. The Hall–Kier alpha value is 0.234. The summed E-state index contributed by atoms with van der Waals surface area (Å²) in [4.78, 5) is 16.0. The third-order valence-electron chi connectivity index (χ3n) is 0.774. The van der Waals surface area contributed by atoms with Crippen LogP contribution in [0.15, 0.2) is 0 Å². The van der Waals surface area contributed by atoms with Crippen molar-refractivity contribution in [2.24, 2.45) is 0 Å². The Morgan fingerprint density at radius 1 is 1.00 bits per heavy atom. The van der Waals surface area contributed by atoms with Gasteiger partial charge in [0.05, 0.1) is 0 Å². The van der Waals surface area contributed by atoms with Crippen LogP contribution in [-0.4, -0.2) is 50.5 Å². The lowest BCUT2D eigenvalue weighted by Gasteiger charge is -2.14. The highest BCUT2D eigenvalue weighted by molar-refractivity contribution is 6.51. The molecule has 0 rings (SSSR count). The van der Waals surface area contributed by atoms with Crippen molar-refractivity contribution in [3.63, 3.8) is 0 Å². The summed E-state index contributed by atoms with van der Waals surface area (Å²) in [7, 11) is 1.13. The number of hydrogen-bond acceptors (Lipinski definition) is 5. The minimum Gasteiger partial charge on any atom is -0.442 e. The minimum absolute atomic E-state index is 0.306. The van der Waals surface area contributed by atoms with Gasteiger partial charge in [-0.25, -0.2) is 0 Å². The predicted octanol–water partition coefficient (Wildman–Crippen LogP) is -2.39. The molecule has 0 aliphatic heterocycles. The fourth-order valence-corrected chi connectivity index (χ4v) is 0.750. The monoisotopic (exact) mass is 186 g/mol.